The van der Waals surface area contributed by atoms with E-state index < -0.39 is 0 Å². The topological polar surface area (TPSA) is 67.4 Å². The molecule has 0 unspecified atom stereocenters. The number of rotatable bonds is 7. The molecule has 5 nitrogen and oxygen atoms in total. The Balaban J connectivity index is 1.34. The van der Waals surface area contributed by atoms with Crippen LogP contribution in [-0.2, 0) is 17.6 Å². The van der Waals surface area contributed by atoms with Crippen LogP contribution in [0, 0.1) is 5.92 Å². The fraction of sp³-hybridized carbons (Fsp3) is 0.259. The first-order valence-electron chi connectivity index (χ1n) is 11.1. The number of amides is 2. The SMILES string of the molecule is C[C@@H](CCc1ccccc1)NC(=O)[C@@H]1COc2ccc(NC(=O)c3cccc(Cl)c3)cc2C1. The number of fused-ring (bicyclic) bond motifs is 1. The second-order valence-electron chi connectivity index (χ2n) is 8.43. The number of anilines is 1. The third-order valence-corrected chi connectivity index (χ3v) is 6.01. The van der Waals surface area contributed by atoms with E-state index in [1.54, 1.807) is 30.3 Å². The van der Waals surface area contributed by atoms with Gasteiger partial charge in [-0.3, -0.25) is 9.59 Å². The second-order valence-corrected chi connectivity index (χ2v) is 8.87. The van der Waals surface area contributed by atoms with Gasteiger partial charge < -0.3 is 15.4 Å². The van der Waals surface area contributed by atoms with Crippen molar-refractivity contribution in [1.82, 2.24) is 5.32 Å². The van der Waals surface area contributed by atoms with Gasteiger partial charge in [0.15, 0.2) is 0 Å². The first-order valence-corrected chi connectivity index (χ1v) is 11.5. The quantitative estimate of drug-likeness (QED) is 0.502. The summed E-state index contributed by atoms with van der Waals surface area (Å²) < 4.78 is 5.84. The Labute approximate surface area is 199 Å². The predicted octanol–water partition coefficient (Wildman–Crippen LogP) is 5.28. The number of halogens is 1. The molecule has 170 valence electrons. The maximum atomic E-state index is 12.8. The fourth-order valence-electron chi connectivity index (χ4n) is 3.93. The highest BCUT2D eigenvalue weighted by atomic mass is 35.5. The Kier molecular flexibility index (Phi) is 7.30. The van der Waals surface area contributed by atoms with E-state index in [4.69, 9.17) is 16.3 Å². The lowest BCUT2D eigenvalue weighted by atomic mass is 9.95. The minimum absolute atomic E-state index is 0.00502. The number of carbonyl (C=O) groups excluding carboxylic acids is 2. The summed E-state index contributed by atoms with van der Waals surface area (Å²) in [7, 11) is 0. The molecule has 33 heavy (non-hydrogen) atoms. The predicted molar refractivity (Wildman–Crippen MR) is 131 cm³/mol. The monoisotopic (exact) mass is 462 g/mol. The molecular weight excluding hydrogens is 436 g/mol. The Morgan fingerprint density at radius 1 is 1.06 bits per heavy atom. The van der Waals surface area contributed by atoms with E-state index in [-0.39, 0.29) is 23.8 Å². The molecule has 1 aliphatic heterocycles. The van der Waals surface area contributed by atoms with E-state index in [0.29, 0.717) is 29.3 Å². The summed E-state index contributed by atoms with van der Waals surface area (Å²) in [6, 6.07) is 22.6. The lowest BCUT2D eigenvalue weighted by molar-refractivity contribution is -0.126. The molecule has 3 aromatic carbocycles. The molecule has 2 amide bonds. The van der Waals surface area contributed by atoms with E-state index in [1.165, 1.54) is 5.56 Å². The highest BCUT2D eigenvalue weighted by Crippen LogP contribution is 2.30. The van der Waals surface area contributed by atoms with Crippen molar-refractivity contribution in [3.63, 3.8) is 0 Å². The molecule has 0 radical (unpaired) electrons. The molecule has 0 spiro atoms. The summed E-state index contributed by atoms with van der Waals surface area (Å²) in [4.78, 5) is 25.4. The van der Waals surface area contributed by atoms with Crippen molar-refractivity contribution in [2.75, 3.05) is 11.9 Å². The Morgan fingerprint density at radius 3 is 2.67 bits per heavy atom. The molecule has 0 saturated carbocycles. The largest absolute Gasteiger partial charge is 0.492 e. The first-order chi connectivity index (χ1) is 16.0. The molecule has 1 aliphatic rings. The minimum atomic E-state index is -0.268. The number of nitrogens with one attached hydrogen (secondary N) is 2. The number of hydrogen-bond acceptors (Lipinski definition) is 3. The minimum Gasteiger partial charge on any atom is -0.492 e. The third kappa shape index (κ3) is 6.14. The van der Waals surface area contributed by atoms with Crippen LogP contribution in [0.5, 0.6) is 5.75 Å². The van der Waals surface area contributed by atoms with Crippen molar-refractivity contribution < 1.29 is 14.3 Å². The molecule has 2 atom stereocenters. The number of benzene rings is 3. The molecule has 0 fully saturated rings. The van der Waals surface area contributed by atoms with Gasteiger partial charge in [0, 0.05) is 22.3 Å². The molecular formula is C27H27ClN2O3. The number of carbonyl (C=O) groups is 2. The van der Waals surface area contributed by atoms with Crippen molar-refractivity contribution in [3.8, 4) is 5.75 Å². The summed E-state index contributed by atoms with van der Waals surface area (Å²) in [6.07, 6.45) is 2.36. The maximum absolute atomic E-state index is 12.8. The molecule has 0 saturated heterocycles. The van der Waals surface area contributed by atoms with E-state index in [9.17, 15) is 9.59 Å². The van der Waals surface area contributed by atoms with E-state index in [0.717, 1.165) is 24.2 Å². The highest BCUT2D eigenvalue weighted by Gasteiger charge is 2.27. The van der Waals surface area contributed by atoms with Gasteiger partial charge in [-0.15, -0.1) is 0 Å². The third-order valence-electron chi connectivity index (χ3n) is 5.78. The van der Waals surface area contributed by atoms with Gasteiger partial charge in [0.1, 0.15) is 12.4 Å². The molecule has 3 aromatic rings. The van der Waals surface area contributed by atoms with Crippen molar-refractivity contribution in [3.05, 3.63) is 94.5 Å². The van der Waals surface area contributed by atoms with Crippen LogP contribution in [0.4, 0.5) is 5.69 Å². The lowest BCUT2D eigenvalue weighted by Crippen LogP contribution is -2.41. The number of aryl methyl sites for hydroxylation is 1. The number of hydrogen-bond donors (Lipinski definition) is 2. The van der Waals surface area contributed by atoms with Crippen LogP contribution in [0.25, 0.3) is 0 Å². The zero-order valence-corrected chi connectivity index (χ0v) is 19.3. The number of ether oxygens (including phenoxy) is 1. The zero-order valence-electron chi connectivity index (χ0n) is 18.5. The Hall–Kier alpha value is -3.31. The van der Waals surface area contributed by atoms with Crippen molar-refractivity contribution in [2.24, 2.45) is 5.92 Å². The summed E-state index contributed by atoms with van der Waals surface area (Å²) in [5.74, 6) is 0.234. The summed E-state index contributed by atoms with van der Waals surface area (Å²) in [5.41, 5.74) is 3.31. The van der Waals surface area contributed by atoms with Crippen molar-refractivity contribution in [2.45, 2.75) is 32.2 Å². The standard InChI is InChI=1S/C27H27ClN2O3/c1-18(10-11-19-6-3-2-4-7-19)29-27(32)22-14-21-16-24(12-13-25(21)33-17-22)30-26(31)20-8-5-9-23(28)15-20/h2-9,12-13,15-16,18,22H,10-11,14,17H2,1H3,(H,29,32)(H,30,31)/t18-,22-/m0/s1. The normalized spacial score (nSPS) is 15.6. The van der Waals surface area contributed by atoms with Crippen LogP contribution in [0.15, 0.2) is 72.8 Å². The van der Waals surface area contributed by atoms with Gasteiger partial charge in [-0.05, 0) is 73.7 Å². The Morgan fingerprint density at radius 2 is 1.88 bits per heavy atom. The van der Waals surface area contributed by atoms with E-state index >= 15 is 0 Å². The van der Waals surface area contributed by atoms with Crippen LogP contribution in [-0.4, -0.2) is 24.5 Å². The second kappa shape index (κ2) is 10.5. The van der Waals surface area contributed by atoms with Crippen LogP contribution < -0.4 is 15.4 Å². The zero-order chi connectivity index (χ0) is 23.2. The molecule has 0 aromatic heterocycles. The Bertz CT molecular complexity index is 1130. The molecule has 4 rings (SSSR count). The van der Waals surface area contributed by atoms with E-state index in [2.05, 4.69) is 22.8 Å². The highest BCUT2D eigenvalue weighted by molar-refractivity contribution is 6.31. The van der Waals surface area contributed by atoms with Gasteiger partial charge in [0.05, 0.1) is 5.92 Å². The molecule has 6 heteroatoms. The summed E-state index contributed by atoms with van der Waals surface area (Å²) in [5, 5.41) is 6.52. The van der Waals surface area contributed by atoms with E-state index in [1.807, 2.05) is 37.3 Å². The lowest BCUT2D eigenvalue weighted by Gasteiger charge is -2.26. The van der Waals surface area contributed by atoms with Crippen LogP contribution in [0.2, 0.25) is 5.02 Å². The molecule has 0 bridgehead atoms. The van der Waals surface area contributed by atoms with Crippen LogP contribution in [0.3, 0.4) is 0 Å². The van der Waals surface area contributed by atoms with Gasteiger partial charge in [0.25, 0.3) is 5.91 Å². The van der Waals surface area contributed by atoms with Crippen LogP contribution in [0.1, 0.15) is 34.8 Å². The van der Waals surface area contributed by atoms with Gasteiger partial charge in [0.2, 0.25) is 5.91 Å². The first kappa shape index (κ1) is 22.9. The van der Waals surface area contributed by atoms with Gasteiger partial charge >= 0.3 is 0 Å². The average Bonchev–Trinajstić information content (AvgIpc) is 2.83. The van der Waals surface area contributed by atoms with Crippen LogP contribution >= 0.6 is 11.6 Å². The fourth-order valence-corrected chi connectivity index (χ4v) is 4.12. The summed E-state index contributed by atoms with van der Waals surface area (Å²) >= 11 is 5.98. The van der Waals surface area contributed by atoms with Gasteiger partial charge in [-0.2, -0.15) is 0 Å². The maximum Gasteiger partial charge on any atom is 0.255 e. The van der Waals surface area contributed by atoms with Crippen molar-refractivity contribution >= 4 is 29.1 Å². The molecule has 0 aliphatic carbocycles. The molecule has 2 N–H and O–H groups in total. The molecule has 1 heterocycles. The van der Waals surface area contributed by atoms with Gasteiger partial charge in [-0.25, -0.2) is 0 Å². The van der Waals surface area contributed by atoms with Crippen molar-refractivity contribution in [1.29, 1.82) is 0 Å². The smallest absolute Gasteiger partial charge is 0.255 e. The van der Waals surface area contributed by atoms with Gasteiger partial charge in [-0.1, -0.05) is 48.0 Å². The average molecular weight is 463 g/mol. The summed E-state index contributed by atoms with van der Waals surface area (Å²) in [6.45, 7) is 2.38.